The summed E-state index contributed by atoms with van der Waals surface area (Å²) in [6, 6.07) is 7.27. The van der Waals surface area contributed by atoms with E-state index in [1.807, 2.05) is 13.8 Å². The van der Waals surface area contributed by atoms with Crippen molar-refractivity contribution in [2.24, 2.45) is 0 Å². The Morgan fingerprint density at radius 3 is 2.48 bits per heavy atom. The number of benzene rings is 1. The van der Waals surface area contributed by atoms with E-state index < -0.39 is 10.5 Å². The fourth-order valence-electron chi connectivity index (χ4n) is 1.84. The first-order valence-electron chi connectivity index (χ1n) is 6.81. The van der Waals surface area contributed by atoms with E-state index in [-0.39, 0.29) is 24.1 Å². The second-order valence-electron chi connectivity index (χ2n) is 5.11. The van der Waals surface area contributed by atoms with Crippen molar-refractivity contribution in [1.29, 1.82) is 0 Å². The minimum absolute atomic E-state index is 0.108. The van der Waals surface area contributed by atoms with Crippen molar-refractivity contribution in [3.8, 4) is 5.75 Å². The van der Waals surface area contributed by atoms with Crippen LogP contribution in [-0.4, -0.2) is 24.1 Å². The molecule has 0 saturated carbocycles. The predicted molar refractivity (Wildman–Crippen MR) is 82.0 cm³/mol. The summed E-state index contributed by atoms with van der Waals surface area (Å²) in [4.78, 5) is 11.9. The van der Waals surface area contributed by atoms with Gasteiger partial charge >= 0.3 is 10.5 Å². The van der Waals surface area contributed by atoms with Gasteiger partial charge in [0, 0.05) is 17.9 Å². The van der Waals surface area contributed by atoms with Gasteiger partial charge in [0.1, 0.15) is 5.75 Å². The zero-order chi connectivity index (χ0) is 17.0. The number of anilines is 1. The Kier molecular flexibility index (Phi) is 4.99. The van der Waals surface area contributed by atoms with Crippen LogP contribution in [0.15, 0.2) is 36.5 Å². The molecule has 124 valence electrons. The normalized spacial score (nSPS) is 11.5. The molecule has 2 aromatic rings. The van der Waals surface area contributed by atoms with Crippen LogP contribution in [0.3, 0.4) is 0 Å². The van der Waals surface area contributed by atoms with Crippen molar-refractivity contribution >= 4 is 22.1 Å². The number of amides is 1. The van der Waals surface area contributed by atoms with Crippen LogP contribution in [0, 0.1) is 0 Å². The molecule has 0 bridgehead atoms. The molecule has 23 heavy (non-hydrogen) atoms. The van der Waals surface area contributed by atoms with Crippen LogP contribution in [-0.2, 0) is 21.7 Å². The molecule has 0 aliphatic heterocycles. The maximum atomic E-state index is 12.4. The molecule has 7 nitrogen and oxygen atoms in total. The molecule has 0 aliphatic carbocycles. The molecule has 1 aromatic heterocycles. The van der Waals surface area contributed by atoms with Crippen LogP contribution in [0.25, 0.3) is 0 Å². The Hall–Kier alpha value is -2.42. The third kappa shape index (κ3) is 5.37. The third-order valence-corrected chi connectivity index (χ3v) is 3.26. The summed E-state index contributed by atoms with van der Waals surface area (Å²) in [5, 5.41) is 6.91. The zero-order valence-electron chi connectivity index (χ0n) is 12.6. The first kappa shape index (κ1) is 16.9. The average molecular weight is 341 g/mol. The van der Waals surface area contributed by atoms with E-state index in [2.05, 4.69) is 14.6 Å². The van der Waals surface area contributed by atoms with Gasteiger partial charge in [-0.1, -0.05) is 3.89 Å². The van der Waals surface area contributed by atoms with E-state index in [0.29, 0.717) is 11.4 Å². The highest BCUT2D eigenvalue weighted by molar-refractivity contribution is 7.81. The second kappa shape index (κ2) is 6.78. The molecule has 1 amide bonds. The summed E-state index contributed by atoms with van der Waals surface area (Å²) in [7, 11) is -5.06. The van der Waals surface area contributed by atoms with Gasteiger partial charge in [0.15, 0.2) is 0 Å². The van der Waals surface area contributed by atoms with Crippen LogP contribution in [0.1, 0.15) is 25.6 Å². The molecule has 0 atom stereocenters. The lowest BCUT2D eigenvalue weighted by Crippen LogP contribution is -2.15. The highest BCUT2D eigenvalue weighted by Crippen LogP contribution is 2.18. The van der Waals surface area contributed by atoms with Crippen molar-refractivity contribution in [3.63, 3.8) is 0 Å². The van der Waals surface area contributed by atoms with Gasteiger partial charge in [-0.25, -0.2) is 0 Å². The van der Waals surface area contributed by atoms with E-state index in [1.54, 1.807) is 16.9 Å². The smallest absolute Gasteiger partial charge is 0.358 e. The topological polar surface area (TPSA) is 90.3 Å². The van der Waals surface area contributed by atoms with Crippen molar-refractivity contribution in [3.05, 3.63) is 42.2 Å². The summed E-state index contributed by atoms with van der Waals surface area (Å²) in [5.41, 5.74) is 1.07. The first-order chi connectivity index (χ1) is 10.7. The fourth-order valence-corrected chi connectivity index (χ4v) is 2.18. The number of carbonyl (C=O) groups is 1. The van der Waals surface area contributed by atoms with E-state index in [1.165, 1.54) is 24.3 Å². The Bertz CT molecular complexity index is 785. The van der Waals surface area contributed by atoms with Crippen molar-refractivity contribution in [1.82, 2.24) is 9.78 Å². The number of rotatable bonds is 6. The Morgan fingerprint density at radius 2 is 1.96 bits per heavy atom. The molecule has 0 aliphatic rings. The van der Waals surface area contributed by atoms with Gasteiger partial charge in [-0.2, -0.15) is 13.5 Å². The molecular formula is C14H16FN3O4S. The fraction of sp³-hybridized carbons (Fsp3) is 0.286. The summed E-state index contributed by atoms with van der Waals surface area (Å²) < 4.78 is 38.9. The molecule has 9 heteroatoms. The Balaban J connectivity index is 1.94. The third-order valence-electron chi connectivity index (χ3n) is 2.87. The molecule has 0 saturated heterocycles. The van der Waals surface area contributed by atoms with Gasteiger partial charge in [0.05, 0.1) is 12.1 Å². The van der Waals surface area contributed by atoms with Crippen molar-refractivity contribution in [2.75, 3.05) is 5.32 Å². The van der Waals surface area contributed by atoms with E-state index in [4.69, 9.17) is 0 Å². The number of nitrogens with zero attached hydrogens (tertiary/aromatic N) is 2. The molecule has 0 unspecified atom stereocenters. The number of nitrogens with one attached hydrogen (secondary N) is 1. The zero-order valence-corrected chi connectivity index (χ0v) is 13.4. The molecule has 0 fully saturated rings. The van der Waals surface area contributed by atoms with Gasteiger partial charge in [0.2, 0.25) is 5.91 Å². The molecule has 1 aromatic carbocycles. The van der Waals surface area contributed by atoms with Gasteiger partial charge in [-0.15, -0.1) is 0 Å². The molecular weight excluding hydrogens is 325 g/mol. The molecule has 1 N–H and O–H groups in total. The average Bonchev–Trinajstić information content (AvgIpc) is 2.88. The summed E-state index contributed by atoms with van der Waals surface area (Å²) in [6.45, 7) is 3.97. The SMILES string of the molecule is CC(C)n1ccc(CC(=O)Nc2ccc(OS(=O)(=O)F)cc2)n1. The lowest BCUT2D eigenvalue weighted by atomic mass is 10.2. The van der Waals surface area contributed by atoms with Crippen LogP contribution >= 0.6 is 0 Å². The monoisotopic (exact) mass is 341 g/mol. The number of halogens is 1. The quantitative estimate of drug-likeness (QED) is 0.814. The van der Waals surface area contributed by atoms with Gasteiger partial charge in [-0.05, 0) is 44.2 Å². The highest BCUT2D eigenvalue weighted by atomic mass is 32.3. The van der Waals surface area contributed by atoms with E-state index in [0.717, 1.165) is 0 Å². The highest BCUT2D eigenvalue weighted by Gasteiger charge is 2.11. The molecule has 2 rings (SSSR count). The lowest BCUT2D eigenvalue weighted by Gasteiger charge is -2.06. The summed E-state index contributed by atoms with van der Waals surface area (Å²) >= 11 is 0. The lowest BCUT2D eigenvalue weighted by molar-refractivity contribution is -0.115. The summed E-state index contributed by atoms with van der Waals surface area (Å²) in [6.07, 6.45) is 1.91. The van der Waals surface area contributed by atoms with Crippen molar-refractivity contribution < 1.29 is 21.3 Å². The molecule has 0 radical (unpaired) electrons. The van der Waals surface area contributed by atoms with Crippen LogP contribution in [0.5, 0.6) is 5.75 Å². The van der Waals surface area contributed by atoms with Gasteiger partial charge in [-0.3, -0.25) is 9.48 Å². The Morgan fingerprint density at radius 1 is 1.30 bits per heavy atom. The largest absolute Gasteiger partial charge is 0.488 e. The number of hydrogen-bond acceptors (Lipinski definition) is 5. The van der Waals surface area contributed by atoms with Crippen LogP contribution in [0.4, 0.5) is 9.57 Å². The van der Waals surface area contributed by atoms with Crippen LogP contribution < -0.4 is 9.50 Å². The number of aromatic nitrogens is 2. The van der Waals surface area contributed by atoms with Crippen LogP contribution in [0.2, 0.25) is 0 Å². The van der Waals surface area contributed by atoms with E-state index >= 15 is 0 Å². The van der Waals surface area contributed by atoms with Gasteiger partial charge < -0.3 is 9.50 Å². The van der Waals surface area contributed by atoms with Crippen molar-refractivity contribution in [2.45, 2.75) is 26.3 Å². The molecule has 0 spiro atoms. The number of hydrogen-bond donors (Lipinski definition) is 1. The minimum atomic E-state index is -5.06. The maximum absolute atomic E-state index is 12.4. The first-order valence-corrected chi connectivity index (χ1v) is 8.12. The standard InChI is InChI=1S/C14H16FN3O4S/c1-10(2)18-8-7-12(17-18)9-14(19)16-11-3-5-13(6-4-11)22-23(15,20)21/h3-8,10H,9H2,1-2H3,(H,16,19). The Labute approximate surface area is 133 Å². The summed E-state index contributed by atoms with van der Waals surface area (Å²) in [5.74, 6) is -0.452. The van der Waals surface area contributed by atoms with E-state index in [9.17, 15) is 17.1 Å². The second-order valence-corrected chi connectivity index (χ2v) is 6.06. The van der Waals surface area contributed by atoms with Gasteiger partial charge in [0.25, 0.3) is 0 Å². The molecule has 1 heterocycles. The maximum Gasteiger partial charge on any atom is 0.488 e. The predicted octanol–water partition coefficient (Wildman–Crippen LogP) is 2.24. The number of carbonyl (C=O) groups excluding carboxylic acids is 1. The minimum Gasteiger partial charge on any atom is -0.358 e.